The number of ether oxygens (including phenoxy) is 1. The Morgan fingerprint density at radius 1 is 1.00 bits per heavy atom. The van der Waals surface area contributed by atoms with Crippen molar-refractivity contribution in [3.8, 4) is 5.75 Å². The van der Waals surface area contributed by atoms with E-state index in [1.54, 1.807) is 23.1 Å². The fraction of sp³-hybridized carbons (Fsp3) is 0.310. The van der Waals surface area contributed by atoms with Gasteiger partial charge in [0, 0.05) is 24.0 Å². The minimum absolute atomic E-state index is 0.0182. The first-order chi connectivity index (χ1) is 17.3. The number of benzene rings is 3. The third kappa shape index (κ3) is 7.74. The second-order valence-electron chi connectivity index (χ2n) is 8.83. The summed E-state index contributed by atoms with van der Waals surface area (Å²) in [6, 6.07) is 21.7. The van der Waals surface area contributed by atoms with E-state index in [1.807, 2.05) is 75.4 Å². The van der Waals surface area contributed by atoms with Crippen LogP contribution >= 0.6 is 23.2 Å². The van der Waals surface area contributed by atoms with Gasteiger partial charge in [0.25, 0.3) is 5.91 Å². The lowest BCUT2D eigenvalue weighted by molar-refractivity contribution is -0.143. The van der Waals surface area contributed by atoms with Crippen LogP contribution in [0.3, 0.4) is 0 Å². The van der Waals surface area contributed by atoms with Gasteiger partial charge < -0.3 is 15.0 Å². The van der Waals surface area contributed by atoms with Gasteiger partial charge in [0.1, 0.15) is 11.8 Å². The Kier molecular flexibility index (Phi) is 10.2. The molecule has 0 saturated heterocycles. The number of carbonyl (C=O) groups is 2. The molecule has 0 spiro atoms. The number of rotatable bonds is 11. The van der Waals surface area contributed by atoms with Crippen molar-refractivity contribution in [2.75, 3.05) is 6.61 Å². The molecule has 0 aliphatic rings. The molecule has 3 rings (SSSR count). The van der Waals surface area contributed by atoms with Crippen LogP contribution in [-0.4, -0.2) is 35.4 Å². The van der Waals surface area contributed by atoms with Crippen molar-refractivity contribution in [3.63, 3.8) is 0 Å². The normalized spacial score (nSPS) is 12.5. The van der Waals surface area contributed by atoms with Crippen LogP contribution in [0.4, 0.5) is 0 Å². The molecule has 2 atom stereocenters. The van der Waals surface area contributed by atoms with Gasteiger partial charge in [-0.25, -0.2) is 0 Å². The minimum atomic E-state index is -0.724. The molecule has 0 fully saturated rings. The average molecular weight is 527 g/mol. The monoisotopic (exact) mass is 526 g/mol. The zero-order chi connectivity index (χ0) is 26.1. The number of carbonyl (C=O) groups excluding carboxylic acids is 2. The lowest BCUT2D eigenvalue weighted by Gasteiger charge is -2.32. The van der Waals surface area contributed by atoms with Gasteiger partial charge in [-0.3, -0.25) is 9.59 Å². The number of halogens is 2. The number of aryl methyl sites for hydroxylation is 1. The summed E-state index contributed by atoms with van der Waals surface area (Å²) in [5, 5.41) is 3.86. The summed E-state index contributed by atoms with van der Waals surface area (Å²) in [5.41, 5.74) is 2.97. The van der Waals surface area contributed by atoms with Crippen molar-refractivity contribution >= 4 is 35.0 Å². The number of hydrogen-bond acceptors (Lipinski definition) is 3. The maximum absolute atomic E-state index is 13.7. The zero-order valence-corrected chi connectivity index (χ0v) is 22.4. The molecule has 7 heteroatoms. The number of nitrogens with zero attached hydrogens (tertiary/aromatic N) is 1. The van der Waals surface area contributed by atoms with Crippen molar-refractivity contribution in [3.05, 3.63) is 99.5 Å². The molecule has 0 aliphatic carbocycles. The van der Waals surface area contributed by atoms with Crippen molar-refractivity contribution < 1.29 is 14.3 Å². The Morgan fingerprint density at radius 3 is 2.36 bits per heavy atom. The molecule has 0 bridgehead atoms. The van der Waals surface area contributed by atoms with Crippen molar-refractivity contribution in [1.82, 2.24) is 10.2 Å². The SMILES string of the molecule is CC[C@H](C)NC(=O)[C@@H](Cc1ccccc1)N(Cc1ccccc1C)C(=O)COc1ccc(Cl)cc1Cl. The van der Waals surface area contributed by atoms with E-state index < -0.39 is 6.04 Å². The Hall–Kier alpha value is -3.02. The molecule has 36 heavy (non-hydrogen) atoms. The van der Waals surface area contributed by atoms with Gasteiger partial charge in [0.2, 0.25) is 5.91 Å². The molecule has 0 aromatic heterocycles. The third-order valence-corrected chi connectivity index (χ3v) is 6.65. The Labute approximate surface area is 223 Å². The largest absolute Gasteiger partial charge is 0.482 e. The second kappa shape index (κ2) is 13.3. The van der Waals surface area contributed by atoms with Crippen LogP contribution < -0.4 is 10.1 Å². The quantitative estimate of drug-likeness (QED) is 0.322. The zero-order valence-electron chi connectivity index (χ0n) is 20.8. The van der Waals surface area contributed by atoms with Gasteiger partial charge in [-0.15, -0.1) is 0 Å². The summed E-state index contributed by atoms with van der Waals surface area (Å²) in [6.07, 6.45) is 1.16. The molecule has 3 aromatic rings. The lowest BCUT2D eigenvalue weighted by atomic mass is 10.0. The molecule has 0 aliphatic heterocycles. The maximum atomic E-state index is 13.7. The van der Waals surface area contributed by atoms with E-state index in [9.17, 15) is 9.59 Å². The smallest absolute Gasteiger partial charge is 0.261 e. The summed E-state index contributed by atoms with van der Waals surface area (Å²) in [4.78, 5) is 28.8. The summed E-state index contributed by atoms with van der Waals surface area (Å²) in [5.74, 6) is -0.155. The number of nitrogens with one attached hydrogen (secondary N) is 1. The van der Waals surface area contributed by atoms with E-state index >= 15 is 0 Å². The van der Waals surface area contributed by atoms with Crippen LogP contribution in [0, 0.1) is 6.92 Å². The van der Waals surface area contributed by atoms with Crippen molar-refractivity contribution in [1.29, 1.82) is 0 Å². The topological polar surface area (TPSA) is 58.6 Å². The van der Waals surface area contributed by atoms with E-state index in [4.69, 9.17) is 27.9 Å². The number of hydrogen-bond donors (Lipinski definition) is 1. The van der Waals surface area contributed by atoms with E-state index in [2.05, 4.69) is 5.32 Å². The highest BCUT2D eigenvalue weighted by Crippen LogP contribution is 2.27. The fourth-order valence-electron chi connectivity index (χ4n) is 3.78. The standard InChI is InChI=1S/C29H32Cl2N2O3/c1-4-21(3)32-29(35)26(16-22-11-6-5-7-12-22)33(18-23-13-9-8-10-20(23)2)28(34)19-36-27-15-14-24(30)17-25(27)31/h5-15,17,21,26H,4,16,18-19H2,1-3H3,(H,32,35)/t21-,26+/m0/s1. The van der Waals surface area contributed by atoms with Gasteiger partial charge in [-0.05, 0) is 55.2 Å². The predicted molar refractivity (Wildman–Crippen MR) is 146 cm³/mol. The molecule has 2 amide bonds. The summed E-state index contributed by atoms with van der Waals surface area (Å²) in [7, 11) is 0. The molecule has 190 valence electrons. The van der Waals surface area contributed by atoms with Crippen LogP contribution in [-0.2, 0) is 22.6 Å². The minimum Gasteiger partial charge on any atom is -0.482 e. The predicted octanol–water partition coefficient (Wildman–Crippen LogP) is 6.24. The van der Waals surface area contributed by atoms with Crippen molar-refractivity contribution in [2.45, 2.75) is 52.2 Å². The van der Waals surface area contributed by atoms with Gasteiger partial charge >= 0.3 is 0 Å². The van der Waals surface area contributed by atoms with Crippen LogP contribution in [0.2, 0.25) is 10.0 Å². The van der Waals surface area contributed by atoms with Crippen LogP contribution in [0.1, 0.15) is 37.0 Å². The first-order valence-corrected chi connectivity index (χ1v) is 12.8. The van der Waals surface area contributed by atoms with Gasteiger partial charge in [0.05, 0.1) is 5.02 Å². The van der Waals surface area contributed by atoms with Crippen LogP contribution in [0.25, 0.3) is 0 Å². The Morgan fingerprint density at radius 2 is 1.69 bits per heavy atom. The highest BCUT2D eigenvalue weighted by Gasteiger charge is 2.31. The third-order valence-electron chi connectivity index (χ3n) is 6.12. The maximum Gasteiger partial charge on any atom is 0.261 e. The molecule has 0 unspecified atom stereocenters. The molecule has 5 nitrogen and oxygen atoms in total. The summed E-state index contributed by atoms with van der Waals surface area (Å²) < 4.78 is 5.77. The molecule has 0 heterocycles. The highest BCUT2D eigenvalue weighted by molar-refractivity contribution is 6.35. The van der Waals surface area contributed by atoms with E-state index in [-0.39, 0.29) is 31.0 Å². The summed E-state index contributed by atoms with van der Waals surface area (Å²) in [6.45, 7) is 5.96. The first-order valence-electron chi connectivity index (χ1n) is 12.0. The van der Waals surface area contributed by atoms with Crippen LogP contribution in [0.5, 0.6) is 5.75 Å². The van der Waals surface area contributed by atoms with E-state index in [0.717, 1.165) is 23.1 Å². The number of amides is 2. The second-order valence-corrected chi connectivity index (χ2v) is 9.68. The van der Waals surface area contributed by atoms with Crippen LogP contribution in [0.15, 0.2) is 72.8 Å². The molecular formula is C29H32Cl2N2O3. The molecule has 0 saturated carbocycles. The fourth-order valence-corrected chi connectivity index (χ4v) is 4.24. The Bertz CT molecular complexity index is 1170. The van der Waals surface area contributed by atoms with Gasteiger partial charge in [-0.1, -0.05) is 84.7 Å². The molecule has 3 aromatic carbocycles. The highest BCUT2D eigenvalue weighted by atomic mass is 35.5. The summed E-state index contributed by atoms with van der Waals surface area (Å²) >= 11 is 12.2. The van der Waals surface area contributed by atoms with Gasteiger partial charge in [-0.2, -0.15) is 0 Å². The average Bonchev–Trinajstić information content (AvgIpc) is 2.87. The van der Waals surface area contributed by atoms with E-state index in [1.165, 1.54) is 0 Å². The molecule has 1 N–H and O–H groups in total. The molecular weight excluding hydrogens is 495 g/mol. The van der Waals surface area contributed by atoms with Gasteiger partial charge in [0.15, 0.2) is 6.61 Å². The lowest BCUT2D eigenvalue weighted by Crippen LogP contribution is -2.53. The van der Waals surface area contributed by atoms with Crippen molar-refractivity contribution in [2.24, 2.45) is 0 Å². The van der Waals surface area contributed by atoms with E-state index in [0.29, 0.717) is 22.2 Å². The molecule has 0 radical (unpaired) electrons. The first kappa shape index (κ1) is 27.6. The Balaban J connectivity index is 1.93.